The van der Waals surface area contributed by atoms with Crippen LogP contribution in [-0.2, 0) is 11.3 Å². The topological polar surface area (TPSA) is 106 Å². The van der Waals surface area contributed by atoms with Gasteiger partial charge in [-0.2, -0.15) is 0 Å². The minimum absolute atomic E-state index is 0.147. The van der Waals surface area contributed by atoms with Gasteiger partial charge in [-0.05, 0) is 47.5 Å². The summed E-state index contributed by atoms with van der Waals surface area (Å²) in [6, 6.07) is 10.9. The van der Waals surface area contributed by atoms with Crippen LogP contribution in [0.1, 0.15) is 35.0 Å². The number of carbonyl (C=O) groups is 2. The number of benzene rings is 1. The molecular weight excluding hydrogens is 392 g/mol. The Morgan fingerprint density at radius 3 is 2.86 bits per heavy atom. The number of amides is 2. The Morgan fingerprint density at radius 1 is 1.28 bits per heavy atom. The molecule has 0 bridgehead atoms. The molecule has 0 atom stereocenters. The highest BCUT2D eigenvalue weighted by Crippen LogP contribution is 2.36. The van der Waals surface area contributed by atoms with Gasteiger partial charge in [0, 0.05) is 7.05 Å². The van der Waals surface area contributed by atoms with E-state index in [1.807, 2.05) is 0 Å². The van der Waals surface area contributed by atoms with Crippen molar-refractivity contribution in [2.24, 2.45) is 0 Å². The minimum atomic E-state index is -0.276. The molecule has 10 heteroatoms. The van der Waals surface area contributed by atoms with Crippen molar-refractivity contribution in [1.29, 1.82) is 0 Å². The van der Waals surface area contributed by atoms with Crippen molar-refractivity contribution in [3.63, 3.8) is 0 Å². The molecule has 150 valence electrons. The van der Waals surface area contributed by atoms with Crippen molar-refractivity contribution in [3.8, 4) is 0 Å². The molecule has 9 nitrogen and oxygen atoms in total. The second-order valence-corrected chi connectivity index (χ2v) is 7.60. The van der Waals surface area contributed by atoms with E-state index in [0.29, 0.717) is 28.2 Å². The number of nitrogens with one attached hydrogen (secondary N) is 1. The lowest BCUT2D eigenvalue weighted by Gasteiger charge is -2.20. The second-order valence-electron chi connectivity index (χ2n) is 6.66. The Bertz CT molecular complexity index is 999. The van der Waals surface area contributed by atoms with Gasteiger partial charge in [0.25, 0.3) is 5.91 Å². The summed E-state index contributed by atoms with van der Waals surface area (Å²) in [5, 5.41) is 15.1. The van der Waals surface area contributed by atoms with Crippen LogP contribution in [0.15, 0.2) is 52.2 Å². The van der Waals surface area contributed by atoms with Gasteiger partial charge >= 0.3 is 0 Å². The first-order valence-electron chi connectivity index (χ1n) is 9.20. The molecule has 1 N–H and O–H groups in total. The summed E-state index contributed by atoms with van der Waals surface area (Å²) in [7, 11) is 1.66. The fourth-order valence-electron chi connectivity index (χ4n) is 2.82. The molecule has 0 spiro atoms. The Labute approximate surface area is 171 Å². The van der Waals surface area contributed by atoms with Crippen molar-refractivity contribution in [1.82, 2.24) is 25.5 Å². The van der Waals surface area contributed by atoms with Gasteiger partial charge in [0.15, 0.2) is 0 Å². The maximum absolute atomic E-state index is 12.7. The lowest BCUT2D eigenvalue weighted by Crippen LogP contribution is -2.31. The molecule has 2 aromatic heterocycles. The standard InChI is InChI=1S/C19H20N6O3S/c1-24(17(26)12-29-19-21-22-23-25(19)13-8-9-13)16-7-3-2-6-15(16)18(27)20-11-14-5-4-10-28-14/h2-7,10,13H,8-9,11-12H2,1H3,(H,20,27). The van der Waals surface area contributed by atoms with Gasteiger partial charge < -0.3 is 14.6 Å². The van der Waals surface area contributed by atoms with E-state index in [4.69, 9.17) is 4.42 Å². The first-order valence-corrected chi connectivity index (χ1v) is 10.2. The summed E-state index contributed by atoms with van der Waals surface area (Å²) in [6.07, 6.45) is 3.68. The third kappa shape index (κ3) is 4.48. The van der Waals surface area contributed by atoms with Gasteiger partial charge in [-0.1, -0.05) is 23.9 Å². The number of carbonyl (C=O) groups excluding carboxylic acids is 2. The number of rotatable bonds is 8. The third-order valence-electron chi connectivity index (χ3n) is 4.57. The number of aromatic nitrogens is 4. The fourth-order valence-corrected chi connectivity index (χ4v) is 3.68. The Hall–Kier alpha value is -3.14. The van der Waals surface area contributed by atoms with Crippen LogP contribution < -0.4 is 10.2 Å². The Morgan fingerprint density at radius 2 is 2.10 bits per heavy atom. The van der Waals surface area contributed by atoms with Crippen molar-refractivity contribution in [2.75, 3.05) is 17.7 Å². The number of para-hydroxylation sites is 1. The summed E-state index contributed by atoms with van der Waals surface area (Å²) in [5.41, 5.74) is 0.958. The van der Waals surface area contributed by atoms with Crippen molar-refractivity contribution >= 4 is 29.3 Å². The smallest absolute Gasteiger partial charge is 0.253 e. The van der Waals surface area contributed by atoms with Crippen LogP contribution in [0.2, 0.25) is 0 Å². The molecule has 1 aliphatic rings. The molecule has 1 aromatic carbocycles. The molecule has 4 rings (SSSR count). The molecule has 2 amide bonds. The molecule has 1 saturated carbocycles. The van der Waals surface area contributed by atoms with E-state index in [-0.39, 0.29) is 24.1 Å². The molecule has 1 fully saturated rings. The summed E-state index contributed by atoms with van der Waals surface area (Å²) in [6.45, 7) is 0.275. The van der Waals surface area contributed by atoms with E-state index >= 15 is 0 Å². The third-order valence-corrected chi connectivity index (χ3v) is 5.49. The first-order chi connectivity index (χ1) is 14.1. The lowest BCUT2D eigenvalue weighted by molar-refractivity contribution is -0.115. The highest BCUT2D eigenvalue weighted by Gasteiger charge is 2.28. The maximum Gasteiger partial charge on any atom is 0.253 e. The average Bonchev–Trinajstić information content (AvgIpc) is 3.25. The number of hydrogen-bond acceptors (Lipinski definition) is 7. The van der Waals surface area contributed by atoms with Crippen LogP contribution in [0.5, 0.6) is 0 Å². The second kappa shape index (κ2) is 8.48. The van der Waals surface area contributed by atoms with E-state index in [1.165, 1.54) is 16.7 Å². The Kier molecular flexibility index (Phi) is 5.61. The zero-order valence-corrected chi connectivity index (χ0v) is 16.6. The molecule has 3 aromatic rings. The van der Waals surface area contributed by atoms with Crippen molar-refractivity contribution in [2.45, 2.75) is 30.6 Å². The van der Waals surface area contributed by atoms with Crippen LogP contribution >= 0.6 is 11.8 Å². The number of anilines is 1. The molecule has 0 saturated heterocycles. The predicted octanol–water partition coefficient (Wildman–Crippen LogP) is 2.29. The number of nitrogens with zero attached hydrogens (tertiary/aromatic N) is 5. The quantitative estimate of drug-likeness (QED) is 0.566. The van der Waals surface area contributed by atoms with Crippen LogP contribution in [0.25, 0.3) is 0 Å². The van der Waals surface area contributed by atoms with E-state index in [9.17, 15) is 9.59 Å². The van der Waals surface area contributed by atoms with Crippen LogP contribution in [0.3, 0.4) is 0 Å². The highest BCUT2D eigenvalue weighted by atomic mass is 32.2. The number of tetrazole rings is 1. The van der Waals surface area contributed by atoms with E-state index in [0.717, 1.165) is 12.8 Å². The lowest BCUT2D eigenvalue weighted by atomic mass is 10.1. The molecule has 0 unspecified atom stereocenters. The van der Waals surface area contributed by atoms with Gasteiger partial charge in [-0.3, -0.25) is 9.59 Å². The van der Waals surface area contributed by atoms with Gasteiger partial charge in [0.05, 0.1) is 35.9 Å². The summed E-state index contributed by atoms with van der Waals surface area (Å²) >= 11 is 1.30. The summed E-state index contributed by atoms with van der Waals surface area (Å²) < 4.78 is 7.01. The van der Waals surface area contributed by atoms with Gasteiger partial charge in [-0.25, -0.2) is 4.68 Å². The van der Waals surface area contributed by atoms with Crippen LogP contribution in [-0.4, -0.2) is 44.8 Å². The fraction of sp³-hybridized carbons (Fsp3) is 0.316. The highest BCUT2D eigenvalue weighted by molar-refractivity contribution is 7.99. The van der Waals surface area contributed by atoms with Crippen LogP contribution in [0.4, 0.5) is 5.69 Å². The van der Waals surface area contributed by atoms with Crippen molar-refractivity contribution < 1.29 is 14.0 Å². The molecular formula is C19H20N6O3S. The normalized spacial score (nSPS) is 13.3. The van der Waals surface area contributed by atoms with E-state index in [1.54, 1.807) is 54.4 Å². The number of furan rings is 1. The van der Waals surface area contributed by atoms with Gasteiger partial charge in [0.2, 0.25) is 11.1 Å². The van der Waals surface area contributed by atoms with E-state index in [2.05, 4.69) is 20.8 Å². The Balaban J connectivity index is 1.40. The molecule has 0 aliphatic heterocycles. The van der Waals surface area contributed by atoms with E-state index < -0.39 is 0 Å². The zero-order chi connectivity index (χ0) is 20.2. The molecule has 0 radical (unpaired) electrons. The minimum Gasteiger partial charge on any atom is -0.467 e. The average molecular weight is 412 g/mol. The molecule has 29 heavy (non-hydrogen) atoms. The van der Waals surface area contributed by atoms with Crippen molar-refractivity contribution in [3.05, 3.63) is 54.0 Å². The van der Waals surface area contributed by atoms with Gasteiger partial charge in [-0.15, -0.1) is 5.10 Å². The predicted molar refractivity (Wildman–Crippen MR) is 107 cm³/mol. The largest absolute Gasteiger partial charge is 0.467 e. The SMILES string of the molecule is CN(C(=O)CSc1nnnn1C1CC1)c1ccccc1C(=O)NCc1ccco1. The summed E-state index contributed by atoms with van der Waals surface area (Å²) in [5.74, 6) is 0.407. The summed E-state index contributed by atoms with van der Waals surface area (Å²) in [4.78, 5) is 26.9. The zero-order valence-electron chi connectivity index (χ0n) is 15.8. The first kappa shape index (κ1) is 19.2. The maximum atomic E-state index is 12.7. The number of thioether (sulfide) groups is 1. The van der Waals surface area contributed by atoms with Gasteiger partial charge in [0.1, 0.15) is 5.76 Å². The van der Waals surface area contributed by atoms with Crippen LogP contribution in [0, 0.1) is 0 Å². The molecule has 1 aliphatic carbocycles. The monoisotopic (exact) mass is 412 g/mol. The molecule has 2 heterocycles. The number of hydrogen-bond donors (Lipinski definition) is 1.